The molecule has 0 aliphatic carbocycles. The molecule has 2 heterocycles. The predicted molar refractivity (Wildman–Crippen MR) is 71.7 cm³/mol. The van der Waals surface area contributed by atoms with E-state index in [1.54, 1.807) is 6.20 Å². The van der Waals surface area contributed by atoms with Crippen LogP contribution in [0.3, 0.4) is 0 Å². The van der Waals surface area contributed by atoms with Gasteiger partial charge in [0.2, 0.25) is 5.91 Å². The van der Waals surface area contributed by atoms with E-state index in [4.69, 9.17) is 4.74 Å². The largest absolute Gasteiger partial charge is 0.378 e. The zero-order valence-corrected chi connectivity index (χ0v) is 11.4. The number of nitrogens with zero attached hydrogens (tertiary/aromatic N) is 3. The van der Waals surface area contributed by atoms with Gasteiger partial charge < -0.3 is 15.0 Å². The lowest BCUT2D eigenvalue weighted by atomic mass is 10.3. The van der Waals surface area contributed by atoms with Crippen molar-refractivity contribution in [1.29, 1.82) is 0 Å². The predicted octanol–water partition coefficient (Wildman–Crippen LogP) is 0.110. The Labute approximate surface area is 113 Å². The molecular weight excluding hydrogens is 244 g/mol. The first-order valence-corrected chi connectivity index (χ1v) is 6.82. The van der Waals surface area contributed by atoms with Crippen molar-refractivity contribution >= 4 is 5.91 Å². The van der Waals surface area contributed by atoms with E-state index >= 15 is 0 Å². The summed E-state index contributed by atoms with van der Waals surface area (Å²) in [5, 5.41) is 7.51. The van der Waals surface area contributed by atoms with Gasteiger partial charge >= 0.3 is 0 Å². The maximum absolute atomic E-state index is 11.9. The molecule has 1 aromatic heterocycles. The third kappa shape index (κ3) is 4.65. The Hall–Kier alpha value is -1.40. The molecule has 1 amide bonds. The fraction of sp³-hybridized carbons (Fsp3) is 0.692. The van der Waals surface area contributed by atoms with E-state index in [1.807, 2.05) is 21.8 Å². The molecule has 0 radical (unpaired) electrons. The van der Waals surface area contributed by atoms with Gasteiger partial charge in [0.1, 0.15) is 0 Å². The van der Waals surface area contributed by atoms with Crippen molar-refractivity contribution in [2.45, 2.75) is 25.9 Å². The maximum atomic E-state index is 11.9. The summed E-state index contributed by atoms with van der Waals surface area (Å²) in [7, 11) is 0. The molecule has 1 aliphatic heterocycles. The highest BCUT2D eigenvalue weighted by Crippen LogP contribution is 2.00. The van der Waals surface area contributed by atoms with Gasteiger partial charge in [-0.05, 0) is 13.0 Å². The highest BCUT2D eigenvalue weighted by Gasteiger charge is 2.16. The lowest BCUT2D eigenvalue weighted by molar-refractivity contribution is -0.135. The highest BCUT2D eigenvalue weighted by atomic mass is 16.5. The summed E-state index contributed by atoms with van der Waals surface area (Å²) in [5.74, 6) is 0.210. The van der Waals surface area contributed by atoms with Crippen molar-refractivity contribution in [3.05, 3.63) is 18.5 Å². The number of hydrogen-bond acceptors (Lipinski definition) is 4. The first-order chi connectivity index (χ1) is 9.25. The minimum atomic E-state index is 0.210. The van der Waals surface area contributed by atoms with Crippen molar-refractivity contribution in [3.63, 3.8) is 0 Å². The number of carbonyl (C=O) groups excluding carboxylic acids is 1. The summed E-state index contributed by atoms with van der Waals surface area (Å²) in [6.07, 6.45) is 4.26. The highest BCUT2D eigenvalue weighted by molar-refractivity contribution is 5.76. The Morgan fingerprint density at radius 1 is 1.47 bits per heavy atom. The molecule has 1 N–H and O–H groups in total. The van der Waals surface area contributed by atoms with Gasteiger partial charge in [-0.25, -0.2) is 0 Å². The lowest BCUT2D eigenvalue weighted by Gasteiger charge is -2.27. The van der Waals surface area contributed by atoms with E-state index < -0.39 is 0 Å². The van der Waals surface area contributed by atoms with Crippen molar-refractivity contribution in [2.24, 2.45) is 0 Å². The second kappa shape index (κ2) is 7.25. The molecule has 1 unspecified atom stereocenters. The van der Waals surface area contributed by atoms with Crippen molar-refractivity contribution < 1.29 is 9.53 Å². The average Bonchev–Trinajstić information content (AvgIpc) is 2.92. The van der Waals surface area contributed by atoms with Crippen LogP contribution in [-0.2, 0) is 16.1 Å². The van der Waals surface area contributed by atoms with Crippen LogP contribution in [0.25, 0.3) is 0 Å². The SMILES string of the molecule is CC(Cn1cccn1)NCCC(=O)N1CCOCC1. The Bertz CT molecular complexity index is 374. The molecule has 1 fully saturated rings. The van der Waals surface area contributed by atoms with Crippen molar-refractivity contribution in [1.82, 2.24) is 20.0 Å². The summed E-state index contributed by atoms with van der Waals surface area (Å²) in [5.41, 5.74) is 0. The first-order valence-electron chi connectivity index (χ1n) is 6.82. The fourth-order valence-corrected chi connectivity index (χ4v) is 2.15. The Balaban J connectivity index is 1.61. The average molecular weight is 266 g/mol. The zero-order chi connectivity index (χ0) is 13.5. The van der Waals surface area contributed by atoms with Crippen LogP contribution in [0.4, 0.5) is 0 Å². The lowest BCUT2D eigenvalue weighted by Crippen LogP contribution is -2.42. The van der Waals surface area contributed by atoms with Crippen LogP contribution in [0.15, 0.2) is 18.5 Å². The van der Waals surface area contributed by atoms with Crippen LogP contribution in [0.5, 0.6) is 0 Å². The molecule has 1 saturated heterocycles. The third-order valence-corrected chi connectivity index (χ3v) is 3.22. The molecule has 6 nitrogen and oxygen atoms in total. The third-order valence-electron chi connectivity index (χ3n) is 3.22. The number of morpholine rings is 1. The number of aromatic nitrogens is 2. The van der Waals surface area contributed by atoms with Gasteiger partial charge in [0.05, 0.1) is 19.8 Å². The summed E-state index contributed by atoms with van der Waals surface area (Å²) in [4.78, 5) is 13.8. The molecule has 1 aromatic rings. The smallest absolute Gasteiger partial charge is 0.224 e. The van der Waals surface area contributed by atoms with Crippen LogP contribution in [0, 0.1) is 0 Å². The minimum Gasteiger partial charge on any atom is -0.378 e. The van der Waals surface area contributed by atoms with E-state index in [0.29, 0.717) is 32.2 Å². The zero-order valence-electron chi connectivity index (χ0n) is 11.4. The van der Waals surface area contributed by atoms with E-state index in [1.165, 1.54) is 0 Å². The van der Waals surface area contributed by atoms with Gasteiger partial charge in [0.25, 0.3) is 0 Å². The topological polar surface area (TPSA) is 59.4 Å². The molecule has 1 aliphatic rings. The molecule has 6 heteroatoms. The molecule has 0 spiro atoms. The fourth-order valence-electron chi connectivity index (χ4n) is 2.15. The first kappa shape index (κ1) is 14.0. The maximum Gasteiger partial charge on any atom is 0.224 e. The molecule has 19 heavy (non-hydrogen) atoms. The Morgan fingerprint density at radius 3 is 2.95 bits per heavy atom. The van der Waals surface area contributed by atoms with Gasteiger partial charge in [-0.1, -0.05) is 0 Å². The summed E-state index contributed by atoms with van der Waals surface area (Å²) in [6, 6.07) is 2.21. The Morgan fingerprint density at radius 2 is 2.26 bits per heavy atom. The molecule has 106 valence electrons. The standard InChI is InChI=1S/C13H22N4O2/c1-12(11-17-6-2-4-15-17)14-5-3-13(18)16-7-9-19-10-8-16/h2,4,6,12,14H,3,5,7-11H2,1H3. The van der Waals surface area contributed by atoms with Gasteiger partial charge in [-0.3, -0.25) is 9.48 Å². The van der Waals surface area contributed by atoms with E-state index in [9.17, 15) is 4.79 Å². The molecule has 0 aromatic carbocycles. The van der Waals surface area contributed by atoms with Gasteiger partial charge in [0.15, 0.2) is 0 Å². The van der Waals surface area contributed by atoms with Crippen LogP contribution < -0.4 is 5.32 Å². The molecule has 0 saturated carbocycles. The van der Waals surface area contributed by atoms with Gasteiger partial charge in [0, 0.05) is 44.5 Å². The number of hydrogen-bond donors (Lipinski definition) is 1. The molecular formula is C13H22N4O2. The summed E-state index contributed by atoms with van der Waals surface area (Å²) < 4.78 is 7.12. The number of carbonyl (C=O) groups is 1. The minimum absolute atomic E-state index is 0.210. The van der Waals surface area contributed by atoms with E-state index in [0.717, 1.165) is 19.6 Å². The second-order valence-corrected chi connectivity index (χ2v) is 4.83. The van der Waals surface area contributed by atoms with E-state index in [-0.39, 0.29) is 5.91 Å². The second-order valence-electron chi connectivity index (χ2n) is 4.83. The van der Waals surface area contributed by atoms with Crippen molar-refractivity contribution in [3.8, 4) is 0 Å². The van der Waals surface area contributed by atoms with Crippen molar-refractivity contribution in [2.75, 3.05) is 32.8 Å². The van der Waals surface area contributed by atoms with Crippen LogP contribution >= 0.6 is 0 Å². The van der Waals surface area contributed by atoms with Gasteiger partial charge in [-0.15, -0.1) is 0 Å². The molecule has 1 atom stereocenters. The number of rotatable bonds is 6. The van der Waals surface area contributed by atoms with Crippen LogP contribution in [0.1, 0.15) is 13.3 Å². The number of amides is 1. The van der Waals surface area contributed by atoms with Crippen LogP contribution in [-0.4, -0.2) is 59.5 Å². The summed E-state index contributed by atoms with van der Waals surface area (Å²) in [6.45, 7) is 6.39. The van der Waals surface area contributed by atoms with Crippen LogP contribution in [0.2, 0.25) is 0 Å². The quantitative estimate of drug-likeness (QED) is 0.794. The number of nitrogens with one attached hydrogen (secondary N) is 1. The molecule has 0 bridgehead atoms. The van der Waals surface area contributed by atoms with Gasteiger partial charge in [-0.2, -0.15) is 5.10 Å². The summed E-state index contributed by atoms with van der Waals surface area (Å²) >= 11 is 0. The van der Waals surface area contributed by atoms with E-state index in [2.05, 4.69) is 17.3 Å². The Kier molecular flexibility index (Phi) is 5.35. The monoisotopic (exact) mass is 266 g/mol. The normalized spacial score (nSPS) is 17.4. The molecule has 2 rings (SSSR count). The number of ether oxygens (including phenoxy) is 1.